The molecule has 0 heterocycles. The van der Waals surface area contributed by atoms with Crippen LogP contribution in [-0.4, -0.2) is 11.9 Å². The number of carbonyl (C=O) groups is 1. The second kappa shape index (κ2) is 6.20. The maximum absolute atomic E-state index is 12.3. The lowest BCUT2D eigenvalue weighted by Crippen LogP contribution is -2.40. The van der Waals surface area contributed by atoms with Crippen LogP contribution in [0.1, 0.15) is 51.0 Å². The molecule has 1 fully saturated rings. The van der Waals surface area contributed by atoms with Crippen molar-refractivity contribution in [3.8, 4) is 0 Å². The van der Waals surface area contributed by atoms with Crippen LogP contribution in [0, 0.1) is 5.92 Å². The molecule has 1 aromatic carbocycles. The third kappa shape index (κ3) is 3.57. The second-order valence-corrected chi connectivity index (χ2v) is 5.82. The topological polar surface area (TPSA) is 55.1 Å². The van der Waals surface area contributed by atoms with Gasteiger partial charge in [0.15, 0.2) is 0 Å². The van der Waals surface area contributed by atoms with Gasteiger partial charge >= 0.3 is 0 Å². The van der Waals surface area contributed by atoms with Gasteiger partial charge in [-0.2, -0.15) is 0 Å². The molecule has 1 aliphatic carbocycles. The molecule has 1 saturated carbocycles. The predicted molar refractivity (Wildman–Crippen MR) is 79.1 cm³/mol. The molecule has 19 heavy (non-hydrogen) atoms. The Labute approximate surface area is 115 Å². The molecule has 104 valence electrons. The summed E-state index contributed by atoms with van der Waals surface area (Å²) in [6.07, 6.45) is 4.13. The minimum Gasteiger partial charge on any atom is -0.327 e. The SMILES string of the molecule is CC(C)c1cccc(NC(=O)C2CCCCC2N)c1. The molecule has 0 radical (unpaired) electrons. The minimum atomic E-state index is -0.0311. The monoisotopic (exact) mass is 260 g/mol. The van der Waals surface area contributed by atoms with Crippen molar-refractivity contribution in [1.82, 2.24) is 0 Å². The van der Waals surface area contributed by atoms with Crippen LogP contribution in [0.5, 0.6) is 0 Å². The Morgan fingerprint density at radius 2 is 2.05 bits per heavy atom. The highest BCUT2D eigenvalue weighted by atomic mass is 16.1. The Morgan fingerprint density at radius 3 is 2.74 bits per heavy atom. The van der Waals surface area contributed by atoms with E-state index in [-0.39, 0.29) is 17.9 Å². The van der Waals surface area contributed by atoms with E-state index in [0.29, 0.717) is 5.92 Å². The number of hydrogen-bond donors (Lipinski definition) is 2. The van der Waals surface area contributed by atoms with E-state index in [4.69, 9.17) is 5.73 Å². The van der Waals surface area contributed by atoms with Crippen LogP contribution in [0.25, 0.3) is 0 Å². The van der Waals surface area contributed by atoms with Gasteiger partial charge in [-0.3, -0.25) is 4.79 Å². The third-order valence-corrected chi connectivity index (χ3v) is 3.98. The summed E-state index contributed by atoms with van der Waals surface area (Å²) in [7, 11) is 0. The molecule has 0 aliphatic heterocycles. The standard InChI is InChI=1S/C16H24N2O/c1-11(2)12-6-5-7-13(10-12)18-16(19)14-8-3-4-9-15(14)17/h5-7,10-11,14-15H,3-4,8-9,17H2,1-2H3,(H,18,19). The fraction of sp³-hybridized carbons (Fsp3) is 0.562. The first-order valence-electron chi connectivity index (χ1n) is 7.24. The summed E-state index contributed by atoms with van der Waals surface area (Å²) in [6.45, 7) is 4.30. The van der Waals surface area contributed by atoms with E-state index in [1.54, 1.807) is 0 Å². The summed E-state index contributed by atoms with van der Waals surface area (Å²) >= 11 is 0. The zero-order valence-electron chi connectivity index (χ0n) is 11.9. The fourth-order valence-electron chi connectivity index (χ4n) is 2.70. The molecule has 0 aromatic heterocycles. The predicted octanol–water partition coefficient (Wildman–Crippen LogP) is 3.27. The van der Waals surface area contributed by atoms with Crippen LogP contribution in [0.4, 0.5) is 5.69 Å². The Bertz CT molecular complexity index is 442. The van der Waals surface area contributed by atoms with Gasteiger partial charge in [0.2, 0.25) is 5.91 Å². The Morgan fingerprint density at radius 1 is 1.32 bits per heavy atom. The molecular weight excluding hydrogens is 236 g/mol. The molecule has 1 aromatic rings. The van der Waals surface area contributed by atoms with Crippen LogP contribution in [0.2, 0.25) is 0 Å². The van der Waals surface area contributed by atoms with Crippen molar-refractivity contribution in [1.29, 1.82) is 0 Å². The van der Waals surface area contributed by atoms with Crippen LogP contribution >= 0.6 is 0 Å². The van der Waals surface area contributed by atoms with Gasteiger partial charge < -0.3 is 11.1 Å². The van der Waals surface area contributed by atoms with Crippen molar-refractivity contribution in [2.24, 2.45) is 11.7 Å². The van der Waals surface area contributed by atoms with Crippen molar-refractivity contribution in [3.63, 3.8) is 0 Å². The average Bonchev–Trinajstić information content (AvgIpc) is 2.39. The minimum absolute atomic E-state index is 0.0158. The van der Waals surface area contributed by atoms with Gasteiger partial charge in [-0.1, -0.05) is 38.8 Å². The van der Waals surface area contributed by atoms with E-state index in [1.807, 2.05) is 12.1 Å². The van der Waals surface area contributed by atoms with E-state index in [2.05, 4.69) is 31.3 Å². The molecule has 2 rings (SSSR count). The third-order valence-electron chi connectivity index (χ3n) is 3.98. The largest absolute Gasteiger partial charge is 0.327 e. The highest BCUT2D eigenvalue weighted by Gasteiger charge is 2.28. The number of nitrogens with two attached hydrogens (primary N) is 1. The van der Waals surface area contributed by atoms with Gasteiger partial charge in [0.25, 0.3) is 0 Å². The van der Waals surface area contributed by atoms with Crippen LogP contribution in [0.15, 0.2) is 24.3 Å². The van der Waals surface area contributed by atoms with Gasteiger partial charge in [0.05, 0.1) is 5.92 Å². The molecule has 2 atom stereocenters. The molecule has 0 bridgehead atoms. The van der Waals surface area contributed by atoms with Crippen LogP contribution in [0.3, 0.4) is 0 Å². The van der Waals surface area contributed by atoms with Crippen molar-refractivity contribution in [3.05, 3.63) is 29.8 Å². The van der Waals surface area contributed by atoms with E-state index in [1.165, 1.54) is 5.56 Å². The highest BCUT2D eigenvalue weighted by Crippen LogP contribution is 2.25. The van der Waals surface area contributed by atoms with Crippen molar-refractivity contribution in [2.75, 3.05) is 5.32 Å². The first kappa shape index (κ1) is 14.1. The van der Waals surface area contributed by atoms with Crippen molar-refractivity contribution < 1.29 is 4.79 Å². The van der Waals surface area contributed by atoms with Crippen molar-refractivity contribution in [2.45, 2.75) is 51.5 Å². The summed E-state index contributed by atoms with van der Waals surface area (Å²) in [5.41, 5.74) is 8.18. The molecule has 1 aliphatic rings. The van der Waals surface area contributed by atoms with Crippen LogP contribution < -0.4 is 11.1 Å². The number of hydrogen-bond acceptors (Lipinski definition) is 2. The lowest BCUT2D eigenvalue weighted by Gasteiger charge is -2.27. The van der Waals surface area contributed by atoms with E-state index >= 15 is 0 Å². The second-order valence-electron chi connectivity index (χ2n) is 5.82. The summed E-state index contributed by atoms with van der Waals surface area (Å²) in [4.78, 5) is 12.3. The van der Waals surface area contributed by atoms with Gasteiger partial charge in [0, 0.05) is 11.7 Å². The van der Waals surface area contributed by atoms with Gasteiger partial charge in [-0.15, -0.1) is 0 Å². The molecule has 3 nitrogen and oxygen atoms in total. The summed E-state index contributed by atoms with van der Waals surface area (Å²) in [5, 5.41) is 3.02. The maximum atomic E-state index is 12.3. The number of amides is 1. The zero-order chi connectivity index (χ0) is 13.8. The number of nitrogens with one attached hydrogen (secondary N) is 1. The highest BCUT2D eigenvalue weighted by molar-refractivity contribution is 5.93. The van der Waals surface area contributed by atoms with E-state index < -0.39 is 0 Å². The molecule has 0 spiro atoms. The first-order chi connectivity index (χ1) is 9.08. The number of benzene rings is 1. The van der Waals surface area contributed by atoms with Gasteiger partial charge in [0.1, 0.15) is 0 Å². The zero-order valence-corrected chi connectivity index (χ0v) is 11.9. The molecule has 0 saturated heterocycles. The lowest BCUT2D eigenvalue weighted by atomic mass is 9.84. The summed E-state index contributed by atoms with van der Waals surface area (Å²) in [6, 6.07) is 8.09. The number of rotatable bonds is 3. The Hall–Kier alpha value is -1.35. The number of anilines is 1. The van der Waals surface area contributed by atoms with Crippen molar-refractivity contribution >= 4 is 11.6 Å². The average molecular weight is 260 g/mol. The molecule has 2 unspecified atom stereocenters. The quantitative estimate of drug-likeness (QED) is 0.876. The van der Waals surface area contributed by atoms with Crippen LogP contribution in [-0.2, 0) is 4.79 Å². The summed E-state index contributed by atoms with van der Waals surface area (Å²) in [5.74, 6) is 0.512. The van der Waals surface area contributed by atoms with E-state index in [9.17, 15) is 4.79 Å². The smallest absolute Gasteiger partial charge is 0.229 e. The van der Waals surface area contributed by atoms with Gasteiger partial charge in [-0.25, -0.2) is 0 Å². The molecule has 3 N–H and O–H groups in total. The van der Waals surface area contributed by atoms with Gasteiger partial charge in [-0.05, 0) is 36.5 Å². The Kier molecular flexibility index (Phi) is 4.59. The first-order valence-corrected chi connectivity index (χ1v) is 7.24. The number of carbonyl (C=O) groups excluding carboxylic acids is 1. The fourth-order valence-corrected chi connectivity index (χ4v) is 2.70. The molecule has 3 heteroatoms. The Balaban J connectivity index is 2.03. The normalized spacial score (nSPS) is 23.4. The summed E-state index contributed by atoms with van der Waals surface area (Å²) < 4.78 is 0. The lowest BCUT2D eigenvalue weighted by molar-refractivity contribution is -0.121. The van der Waals surface area contributed by atoms with E-state index in [0.717, 1.165) is 31.4 Å². The molecular formula is C16H24N2O. The molecule has 1 amide bonds. The maximum Gasteiger partial charge on any atom is 0.229 e.